The van der Waals surface area contributed by atoms with Crippen molar-refractivity contribution in [2.45, 2.75) is 24.8 Å². The van der Waals surface area contributed by atoms with Gasteiger partial charge < -0.3 is 19.7 Å². The van der Waals surface area contributed by atoms with E-state index in [9.17, 15) is 0 Å². The van der Waals surface area contributed by atoms with Crippen LogP contribution < -0.4 is 15.1 Å². The van der Waals surface area contributed by atoms with Crippen LogP contribution in [0.5, 0.6) is 0 Å². The van der Waals surface area contributed by atoms with Crippen molar-refractivity contribution in [1.82, 2.24) is 9.88 Å². The molecule has 0 spiro atoms. The number of para-hydroxylation sites is 1. The summed E-state index contributed by atoms with van der Waals surface area (Å²) in [6.45, 7) is 1.75. The molecule has 4 heteroatoms. The second-order valence-corrected chi connectivity index (χ2v) is 12.6. The molecule has 0 saturated heterocycles. The lowest BCUT2D eigenvalue weighted by molar-refractivity contribution is 0.509. The molecular weight excluding hydrogens is 548 g/mol. The third-order valence-corrected chi connectivity index (χ3v) is 10.2. The van der Waals surface area contributed by atoms with Crippen molar-refractivity contribution < 1.29 is 0 Å². The van der Waals surface area contributed by atoms with E-state index in [1.807, 2.05) is 0 Å². The Hall–Kier alpha value is -5.22. The van der Waals surface area contributed by atoms with Gasteiger partial charge >= 0.3 is 0 Å². The van der Waals surface area contributed by atoms with Crippen molar-refractivity contribution >= 4 is 23.2 Å². The largest absolute Gasteiger partial charge is 0.387 e. The van der Waals surface area contributed by atoms with E-state index in [0.29, 0.717) is 5.92 Å². The van der Waals surface area contributed by atoms with E-state index >= 15 is 0 Å². The lowest BCUT2D eigenvalue weighted by Crippen LogP contribution is -2.41. The molecule has 2 atom stereocenters. The minimum absolute atomic E-state index is 0.152. The average Bonchev–Trinajstić information content (AvgIpc) is 3.51. The van der Waals surface area contributed by atoms with Crippen LogP contribution in [-0.2, 0) is 6.42 Å². The lowest BCUT2D eigenvalue weighted by Gasteiger charge is -2.44. The van der Waals surface area contributed by atoms with Gasteiger partial charge in [0.05, 0.1) is 6.04 Å². The Morgan fingerprint density at radius 3 is 2.44 bits per heavy atom. The van der Waals surface area contributed by atoms with Crippen LogP contribution in [-0.4, -0.2) is 24.7 Å². The van der Waals surface area contributed by atoms with E-state index < -0.39 is 0 Å². The highest BCUT2D eigenvalue weighted by atomic mass is 15.3. The van der Waals surface area contributed by atoms with Gasteiger partial charge in [0.15, 0.2) is 0 Å². The fourth-order valence-corrected chi connectivity index (χ4v) is 8.20. The van der Waals surface area contributed by atoms with Crippen LogP contribution in [0.1, 0.15) is 46.2 Å². The van der Waals surface area contributed by atoms with Gasteiger partial charge in [-0.15, -0.1) is 0 Å². The first-order valence-electron chi connectivity index (χ1n) is 16.1. The van der Waals surface area contributed by atoms with Crippen molar-refractivity contribution in [3.05, 3.63) is 161 Å². The molecule has 220 valence electrons. The second kappa shape index (κ2) is 10.4. The zero-order chi connectivity index (χ0) is 29.9. The van der Waals surface area contributed by atoms with Crippen molar-refractivity contribution in [3.63, 3.8) is 0 Å². The highest BCUT2D eigenvalue weighted by Crippen LogP contribution is 2.53. The number of dihydropyridines is 1. The molecule has 4 aromatic carbocycles. The van der Waals surface area contributed by atoms with Gasteiger partial charge in [0.2, 0.25) is 0 Å². The number of rotatable bonds is 3. The number of nitrogens with one attached hydrogen (secondary N) is 1. The van der Waals surface area contributed by atoms with Crippen LogP contribution in [0.2, 0.25) is 0 Å². The van der Waals surface area contributed by atoms with Crippen molar-refractivity contribution in [2.75, 3.05) is 29.9 Å². The van der Waals surface area contributed by atoms with E-state index in [4.69, 9.17) is 0 Å². The first-order valence-corrected chi connectivity index (χ1v) is 16.1. The summed E-state index contributed by atoms with van der Waals surface area (Å²) in [7, 11) is 2.26. The van der Waals surface area contributed by atoms with Gasteiger partial charge in [-0.1, -0.05) is 84.9 Å². The number of allylic oxidation sites excluding steroid dienone is 2. The van der Waals surface area contributed by atoms with Gasteiger partial charge in [0.25, 0.3) is 0 Å². The van der Waals surface area contributed by atoms with Gasteiger partial charge in [-0.05, 0) is 88.8 Å². The maximum absolute atomic E-state index is 3.51. The molecule has 45 heavy (non-hydrogen) atoms. The normalized spacial score (nSPS) is 19.6. The number of nitrogens with zero attached hydrogens (tertiary/aromatic N) is 3. The summed E-state index contributed by atoms with van der Waals surface area (Å²) in [6.07, 6.45) is 13.4. The quantitative estimate of drug-likeness (QED) is 0.229. The molecule has 1 aromatic heterocycles. The van der Waals surface area contributed by atoms with Gasteiger partial charge in [-0.3, -0.25) is 0 Å². The van der Waals surface area contributed by atoms with Crippen LogP contribution in [0.15, 0.2) is 133 Å². The summed E-state index contributed by atoms with van der Waals surface area (Å²) >= 11 is 0. The minimum atomic E-state index is 0.152. The Morgan fingerprint density at radius 1 is 0.733 bits per heavy atom. The molecule has 0 saturated carbocycles. The summed E-state index contributed by atoms with van der Waals surface area (Å²) in [5.41, 5.74) is 14.7. The fourth-order valence-electron chi connectivity index (χ4n) is 8.20. The molecule has 2 unspecified atom stereocenters. The third-order valence-electron chi connectivity index (χ3n) is 10.2. The van der Waals surface area contributed by atoms with Crippen LogP contribution in [0.4, 0.5) is 11.5 Å². The molecule has 1 N–H and O–H groups in total. The Balaban J connectivity index is 1.18. The van der Waals surface area contributed by atoms with Gasteiger partial charge in [-0.25, -0.2) is 0 Å². The van der Waals surface area contributed by atoms with E-state index in [2.05, 4.69) is 160 Å². The summed E-state index contributed by atoms with van der Waals surface area (Å²) < 4.78 is 2.39. The molecule has 0 bridgehead atoms. The number of benzene rings is 4. The predicted octanol–water partition coefficient (Wildman–Crippen LogP) is 8.73. The Morgan fingerprint density at radius 2 is 1.56 bits per heavy atom. The monoisotopic (exact) mass is 584 g/mol. The molecular formula is C41H36N4. The highest BCUT2D eigenvalue weighted by molar-refractivity contribution is 5.83. The first-order chi connectivity index (χ1) is 22.3. The van der Waals surface area contributed by atoms with E-state index in [0.717, 1.165) is 25.9 Å². The maximum Gasteiger partial charge on any atom is 0.118 e. The van der Waals surface area contributed by atoms with E-state index in [-0.39, 0.29) is 6.04 Å². The number of aromatic nitrogens is 1. The zero-order valence-electron chi connectivity index (χ0n) is 25.5. The van der Waals surface area contributed by atoms with E-state index in [1.54, 1.807) is 0 Å². The first kappa shape index (κ1) is 26.2. The van der Waals surface area contributed by atoms with Crippen LogP contribution >= 0.6 is 0 Å². The number of hydrogen-bond donors (Lipinski definition) is 1. The number of hydrogen-bond acceptors (Lipinski definition) is 3. The second-order valence-electron chi connectivity index (χ2n) is 12.6. The third kappa shape index (κ3) is 4.12. The van der Waals surface area contributed by atoms with Gasteiger partial charge in [0, 0.05) is 60.5 Å². The van der Waals surface area contributed by atoms with Crippen LogP contribution in [0.25, 0.3) is 28.5 Å². The summed E-state index contributed by atoms with van der Waals surface area (Å²) in [4.78, 5) is 5.09. The molecule has 1 aliphatic carbocycles. The molecule has 4 heterocycles. The zero-order valence-corrected chi connectivity index (χ0v) is 25.5. The number of anilines is 2. The van der Waals surface area contributed by atoms with Crippen LogP contribution in [0, 0.1) is 0 Å². The summed E-state index contributed by atoms with van der Waals surface area (Å²) in [6, 6.07) is 38.5. The smallest absolute Gasteiger partial charge is 0.118 e. The van der Waals surface area contributed by atoms with Gasteiger partial charge in [-0.2, -0.15) is 0 Å². The lowest BCUT2D eigenvalue weighted by atomic mass is 9.81. The Kier molecular flexibility index (Phi) is 6.09. The molecule has 4 nitrogen and oxygen atoms in total. The molecule has 4 aliphatic rings. The number of fused-ring (bicyclic) bond motifs is 7. The topological polar surface area (TPSA) is 23.4 Å². The van der Waals surface area contributed by atoms with E-state index in [1.165, 1.54) is 67.4 Å². The summed E-state index contributed by atoms with van der Waals surface area (Å²) in [5, 5.41) is 3.51. The fraction of sp³-hybridized carbons (Fsp3) is 0.171. The van der Waals surface area contributed by atoms with Crippen LogP contribution in [0.3, 0.4) is 0 Å². The van der Waals surface area contributed by atoms with Gasteiger partial charge in [0.1, 0.15) is 5.82 Å². The van der Waals surface area contributed by atoms with Crippen molar-refractivity contribution in [3.8, 4) is 16.8 Å². The molecule has 0 radical (unpaired) electrons. The Bertz CT molecular complexity index is 2010. The Labute approximate surface area is 265 Å². The SMILES string of the molecule is CN1CC2c3ccccc3C3=C(C=CNC3)N(c3ccccc3)C2c2ccn(-c3ccc(-c4cccc5c4CCC=C5)cc3)c21. The molecule has 0 amide bonds. The molecule has 5 aromatic rings. The minimum Gasteiger partial charge on any atom is -0.387 e. The molecule has 9 rings (SSSR count). The van der Waals surface area contributed by atoms with Crippen molar-refractivity contribution in [2.24, 2.45) is 0 Å². The summed E-state index contributed by atoms with van der Waals surface area (Å²) in [5.74, 6) is 1.57. The van der Waals surface area contributed by atoms with Crippen molar-refractivity contribution in [1.29, 1.82) is 0 Å². The standard InChI is InChI=1S/C41H36N4/c1-43-27-38-35-16-8-7-15-34(35)37-26-42-24-22-39(37)45(31-12-3-2-4-13-31)40(38)36-23-25-44(41(36)43)30-20-18-29(19-21-30)33-17-9-11-28-10-5-6-14-32(28)33/h2-5,7-13,15-25,38,40,42H,6,14,26-27H2,1H3. The average molecular weight is 585 g/mol. The molecule has 3 aliphatic heterocycles. The predicted molar refractivity (Wildman–Crippen MR) is 187 cm³/mol. The highest BCUT2D eigenvalue weighted by Gasteiger charge is 2.43. The molecule has 0 fully saturated rings. The maximum atomic E-state index is 3.51. The number of likely N-dealkylation sites (N-methyl/N-ethyl adjacent to an activating group) is 1.